The first-order chi connectivity index (χ1) is 18.1. The van der Waals surface area contributed by atoms with Gasteiger partial charge in [-0.1, -0.05) is 25.1 Å². The molecule has 202 valence electrons. The Bertz CT molecular complexity index is 1450. The number of sulfonamides is 1. The quantitative estimate of drug-likeness (QED) is 0.407. The van der Waals surface area contributed by atoms with E-state index in [1.54, 1.807) is 24.3 Å². The lowest BCUT2D eigenvalue weighted by atomic mass is 10.2. The van der Waals surface area contributed by atoms with Gasteiger partial charge in [-0.25, -0.2) is 17.2 Å². The van der Waals surface area contributed by atoms with Crippen molar-refractivity contribution in [2.75, 3.05) is 43.6 Å². The van der Waals surface area contributed by atoms with Crippen LogP contribution in [0.5, 0.6) is 11.5 Å². The van der Waals surface area contributed by atoms with Crippen molar-refractivity contribution in [1.82, 2.24) is 14.1 Å². The van der Waals surface area contributed by atoms with Gasteiger partial charge in [-0.05, 0) is 37.1 Å². The summed E-state index contributed by atoms with van der Waals surface area (Å²) < 4.78 is 67.0. The first kappa shape index (κ1) is 26.1. The summed E-state index contributed by atoms with van der Waals surface area (Å²) in [7, 11) is -3.68. The Morgan fingerprint density at radius 3 is 2.26 bits per heavy atom. The minimum Gasteiger partial charge on any atom is -0.486 e. The van der Waals surface area contributed by atoms with Crippen molar-refractivity contribution < 1.29 is 26.7 Å². The Morgan fingerprint density at radius 1 is 0.974 bits per heavy atom. The number of anilines is 1. The van der Waals surface area contributed by atoms with E-state index < -0.39 is 33.2 Å². The number of hydrogen-bond donors (Lipinski definition) is 0. The second-order valence-corrected chi connectivity index (χ2v) is 11.8. The van der Waals surface area contributed by atoms with Crippen molar-refractivity contribution in [3.05, 3.63) is 76.7 Å². The molecule has 0 spiro atoms. The van der Waals surface area contributed by atoms with Crippen LogP contribution >= 0.6 is 0 Å². The molecule has 0 amide bonds. The highest BCUT2D eigenvalue weighted by atomic mass is 32.2. The van der Waals surface area contributed by atoms with Crippen LogP contribution in [0.2, 0.25) is 0 Å². The van der Waals surface area contributed by atoms with Gasteiger partial charge in [-0.15, -0.1) is 0 Å². The van der Waals surface area contributed by atoms with E-state index in [9.17, 15) is 22.0 Å². The lowest BCUT2D eigenvalue weighted by Crippen LogP contribution is -2.50. The molecule has 5 rings (SSSR count). The molecular weight excluding hydrogens is 518 g/mol. The van der Waals surface area contributed by atoms with E-state index in [0.29, 0.717) is 24.1 Å². The third-order valence-electron chi connectivity index (χ3n) is 6.77. The molecule has 1 aliphatic carbocycles. The normalized spacial score (nSPS) is 17.3. The topological polar surface area (TPSA) is 94.0 Å². The van der Waals surface area contributed by atoms with Crippen molar-refractivity contribution >= 4 is 15.7 Å². The van der Waals surface area contributed by atoms with Crippen molar-refractivity contribution in [2.45, 2.75) is 19.8 Å². The molecule has 2 aliphatic rings. The number of halogens is 2. The van der Waals surface area contributed by atoms with Gasteiger partial charge in [0.25, 0.3) is 0 Å². The molecule has 3 aromatic rings. The first-order valence-electron chi connectivity index (χ1n) is 12.3. The fourth-order valence-electron chi connectivity index (χ4n) is 4.18. The van der Waals surface area contributed by atoms with Gasteiger partial charge in [0.1, 0.15) is 23.1 Å². The van der Waals surface area contributed by atoms with Gasteiger partial charge >= 0.3 is 5.56 Å². The highest BCUT2D eigenvalue weighted by Gasteiger charge is 2.39. The van der Waals surface area contributed by atoms with E-state index in [1.165, 1.54) is 10.5 Å². The average molecular weight is 547 g/mol. The molecule has 1 saturated heterocycles. The van der Waals surface area contributed by atoms with Crippen LogP contribution in [-0.2, 0) is 10.0 Å². The van der Waals surface area contributed by atoms with Gasteiger partial charge in [0, 0.05) is 37.7 Å². The van der Waals surface area contributed by atoms with Gasteiger partial charge in [0.2, 0.25) is 21.7 Å². The van der Waals surface area contributed by atoms with E-state index in [0.717, 1.165) is 29.7 Å². The van der Waals surface area contributed by atoms with Crippen LogP contribution in [0, 0.1) is 17.0 Å². The first-order valence-corrected chi connectivity index (χ1v) is 13.9. The minimum absolute atomic E-state index is 0.0153. The molecule has 0 unspecified atom stereocenters. The van der Waals surface area contributed by atoms with Crippen LogP contribution in [0.1, 0.15) is 19.8 Å². The maximum atomic E-state index is 13.8. The van der Waals surface area contributed by atoms with Crippen molar-refractivity contribution in [1.29, 1.82) is 0 Å². The van der Waals surface area contributed by atoms with E-state index in [1.807, 2.05) is 11.0 Å². The van der Waals surface area contributed by atoms with E-state index in [4.69, 9.17) is 9.47 Å². The summed E-state index contributed by atoms with van der Waals surface area (Å²) in [6.45, 7) is 3.29. The molecule has 0 N–H and O–H groups in total. The number of hydrogen-bond acceptors (Lipinski definition) is 7. The Hall–Kier alpha value is -3.51. The van der Waals surface area contributed by atoms with Gasteiger partial charge in [-0.2, -0.15) is 14.1 Å². The Labute approximate surface area is 219 Å². The highest BCUT2D eigenvalue weighted by Crippen LogP contribution is 2.45. The summed E-state index contributed by atoms with van der Waals surface area (Å²) in [4.78, 5) is 15.3. The second kappa shape index (κ2) is 10.3. The van der Waals surface area contributed by atoms with Crippen LogP contribution in [-0.4, -0.2) is 61.2 Å². The Morgan fingerprint density at radius 2 is 1.63 bits per heavy atom. The lowest BCUT2D eigenvalue weighted by molar-refractivity contribution is 0.242. The SMILES string of the molecule is CC1(COc2c(N3CCN(S(=O)(=O)COc4ccccc4)CC3)cnn(-c3cc(F)cc(F)c3)c2=O)CC1. The minimum atomic E-state index is -3.68. The zero-order valence-electron chi connectivity index (χ0n) is 20.8. The molecule has 2 aromatic carbocycles. The number of benzene rings is 2. The smallest absolute Gasteiger partial charge is 0.316 e. The van der Waals surface area contributed by atoms with Crippen LogP contribution in [0.4, 0.5) is 14.5 Å². The molecule has 38 heavy (non-hydrogen) atoms. The molecule has 12 heteroatoms. The average Bonchev–Trinajstić information content (AvgIpc) is 3.64. The van der Waals surface area contributed by atoms with Crippen LogP contribution in [0.15, 0.2) is 59.5 Å². The highest BCUT2D eigenvalue weighted by molar-refractivity contribution is 7.88. The molecule has 2 heterocycles. The second-order valence-electron chi connectivity index (χ2n) is 9.88. The molecule has 0 atom stereocenters. The van der Waals surface area contributed by atoms with Crippen molar-refractivity contribution in [2.24, 2.45) is 5.41 Å². The fourth-order valence-corrected chi connectivity index (χ4v) is 5.33. The molecule has 9 nitrogen and oxygen atoms in total. The summed E-state index contributed by atoms with van der Waals surface area (Å²) in [5.41, 5.74) is -0.335. The summed E-state index contributed by atoms with van der Waals surface area (Å²) >= 11 is 0. The van der Waals surface area contributed by atoms with Crippen LogP contribution in [0.3, 0.4) is 0 Å². The summed E-state index contributed by atoms with van der Waals surface area (Å²) in [5, 5.41) is 4.15. The predicted molar refractivity (Wildman–Crippen MR) is 137 cm³/mol. The lowest BCUT2D eigenvalue weighted by Gasteiger charge is -2.35. The van der Waals surface area contributed by atoms with Crippen molar-refractivity contribution in [3.63, 3.8) is 0 Å². The standard InChI is InChI=1S/C26H28F2N4O5S/c1-26(7-8-26)17-36-24-23(16-29-32(25(24)33)21-14-19(27)13-20(28)15-21)30-9-11-31(12-10-30)38(34,35)18-37-22-5-3-2-4-6-22/h2-6,13-16H,7-12,17-18H2,1H3. The van der Waals surface area contributed by atoms with Gasteiger partial charge in [-0.3, -0.25) is 4.79 Å². The Balaban J connectivity index is 1.35. The van der Waals surface area contributed by atoms with Crippen LogP contribution in [0.25, 0.3) is 5.69 Å². The number of ether oxygens (including phenoxy) is 2. The maximum Gasteiger partial charge on any atom is 0.316 e. The summed E-state index contributed by atoms with van der Waals surface area (Å²) in [5.74, 6) is -1.67. The Kier molecular flexibility index (Phi) is 7.10. The third kappa shape index (κ3) is 5.81. The number of para-hydroxylation sites is 1. The number of piperazine rings is 1. The van der Waals surface area contributed by atoms with Gasteiger partial charge in [0.15, 0.2) is 0 Å². The summed E-state index contributed by atoms with van der Waals surface area (Å²) in [6, 6.07) is 11.5. The molecule has 1 saturated carbocycles. The molecule has 0 radical (unpaired) electrons. The molecular formula is C26H28F2N4O5S. The number of nitrogens with zero attached hydrogens (tertiary/aromatic N) is 4. The largest absolute Gasteiger partial charge is 0.486 e. The van der Waals surface area contributed by atoms with Gasteiger partial charge < -0.3 is 14.4 Å². The van der Waals surface area contributed by atoms with E-state index >= 15 is 0 Å². The zero-order valence-corrected chi connectivity index (χ0v) is 21.7. The molecule has 0 bridgehead atoms. The molecule has 2 fully saturated rings. The van der Waals surface area contributed by atoms with E-state index in [2.05, 4.69) is 12.0 Å². The van der Waals surface area contributed by atoms with Crippen molar-refractivity contribution in [3.8, 4) is 17.2 Å². The number of rotatable bonds is 9. The summed E-state index contributed by atoms with van der Waals surface area (Å²) in [6.07, 6.45) is 3.36. The van der Waals surface area contributed by atoms with E-state index in [-0.39, 0.29) is 43.0 Å². The fraction of sp³-hybridized carbons (Fsp3) is 0.385. The van der Waals surface area contributed by atoms with Crippen LogP contribution < -0.4 is 19.9 Å². The third-order valence-corrected chi connectivity index (χ3v) is 8.33. The van der Waals surface area contributed by atoms with Gasteiger partial charge in [0.05, 0.1) is 18.5 Å². The molecule has 1 aliphatic heterocycles. The monoisotopic (exact) mass is 546 g/mol. The maximum absolute atomic E-state index is 13.8. The number of aromatic nitrogens is 2. The zero-order chi connectivity index (χ0) is 26.9. The molecule has 1 aromatic heterocycles. The predicted octanol–water partition coefficient (Wildman–Crippen LogP) is 3.18.